The van der Waals surface area contributed by atoms with Gasteiger partial charge in [-0.15, -0.1) is 0 Å². The van der Waals surface area contributed by atoms with Gasteiger partial charge in [-0.2, -0.15) is 0 Å². The standard InChI is InChI=1S/C12H21BrN2O2/c1-4-10(16)14-9-5-7-15(8-6-9)11(17)12(2,3)13/h9H,4-8H2,1-3H3,(H,14,16). The fraction of sp³-hybridized carbons (Fsp3) is 0.833. The van der Waals surface area contributed by atoms with Gasteiger partial charge in [0.2, 0.25) is 11.8 Å². The zero-order valence-corrected chi connectivity index (χ0v) is 12.3. The van der Waals surface area contributed by atoms with Crippen LogP contribution in [0.3, 0.4) is 0 Å². The molecular weight excluding hydrogens is 284 g/mol. The van der Waals surface area contributed by atoms with Crippen LogP contribution >= 0.6 is 15.9 Å². The number of carbonyl (C=O) groups is 2. The van der Waals surface area contributed by atoms with E-state index in [1.165, 1.54) is 0 Å². The summed E-state index contributed by atoms with van der Waals surface area (Å²) in [6.45, 7) is 7.02. The third-order valence-electron chi connectivity index (χ3n) is 2.98. The molecule has 0 radical (unpaired) electrons. The number of hydrogen-bond donors (Lipinski definition) is 1. The van der Waals surface area contributed by atoms with Crippen molar-refractivity contribution >= 4 is 27.7 Å². The van der Waals surface area contributed by atoms with Crippen LogP contribution in [0.5, 0.6) is 0 Å². The summed E-state index contributed by atoms with van der Waals surface area (Å²) in [5, 5.41) is 2.98. The van der Waals surface area contributed by atoms with Gasteiger partial charge in [0.15, 0.2) is 0 Å². The molecule has 0 aliphatic carbocycles. The maximum absolute atomic E-state index is 12.0. The van der Waals surface area contributed by atoms with Crippen molar-refractivity contribution in [1.29, 1.82) is 0 Å². The van der Waals surface area contributed by atoms with Crippen molar-refractivity contribution in [1.82, 2.24) is 10.2 Å². The Hall–Kier alpha value is -0.580. The lowest BCUT2D eigenvalue weighted by Crippen LogP contribution is -2.50. The van der Waals surface area contributed by atoms with E-state index in [0.29, 0.717) is 6.42 Å². The van der Waals surface area contributed by atoms with Crippen LogP contribution < -0.4 is 5.32 Å². The van der Waals surface area contributed by atoms with Crippen LogP contribution in [0.15, 0.2) is 0 Å². The summed E-state index contributed by atoms with van der Waals surface area (Å²) < 4.78 is -0.494. The highest BCUT2D eigenvalue weighted by Gasteiger charge is 2.31. The van der Waals surface area contributed by atoms with Crippen LogP contribution in [0.2, 0.25) is 0 Å². The number of amides is 2. The first kappa shape index (κ1) is 14.5. The van der Waals surface area contributed by atoms with Gasteiger partial charge < -0.3 is 10.2 Å². The third-order valence-corrected chi connectivity index (χ3v) is 3.32. The van der Waals surface area contributed by atoms with E-state index in [1.54, 1.807) is 0 Å². The number of hydrogen-bond acceptors (Lipinski definition) is 2. The quantitative estimate of drug-likeness (QED) is 0.807. The molecule has 0 aromatic carbocycles. The monoisotopic (exact) mass is 304 g/mol. The summed E-state index contributed by atoms with van der Waals surface area (Å²) in [6, 6.07) is 0.227. The number of likely N-dealkylation sites (tertiary alicyclic amines) is 1. The molecule has 1 heterocycles. The first-order valence-corrected chi connectivity index (χ1v) is 6.91. The molecule has 0 saturated carbocycles. The maximum atomic E-state index is 12.0. The first-order chi connectivity index (χ1) is 7.84. The van der Waals surface area contributed by atoms with Gasteiger partial charge in [0.05, 0.1) is 4.32 Å². The normalized spacial score (nSPS) is 18.0. The van der Waals surface area contributed by atoms with Crippen LogP contribution in [0.4, 0.5) is 0 Å². The SMILES string of the molecule is CCC(=O)NC1CCN(C(=O)C(C)(C)Br)CC1. The lowest BCUT2D eigenvalue weighted by atomic mass is 10.0. The van der Waals surface area contributed by atoms with Gasteiger partial charge in [0, 0.05) is 25.6 Å². The average molecular weight is 305 g/mol. The molecule has 0 aromatic rings. The van der Waals surface area contributed by atoms with E-state index in [-0.39, 0.29) is 17.9 Å². The molecule has 98 valence electrons. The van der Waals surface area contributed by atoms with Crippen molar-refractivity contribution in [3.8, 4) is 0 Å². The van der Waals surface area contributed by atoms with Crippen molar-refractivity contribution in [2.75, 3.05) is 13.1 Å². The predicted molar refractivity (Wildman–Crippen MR) is 71.0 cm³/mol. The maximum Gasteiger partial charge on any atom is 0.238 e. The van der Waals surface area contributed by atoms with Crippen molar-refractivity contribution in [2.45, 2.75) is 50.4 Å². The lowest BCUT2D eigenvalue weighted by Gasteiger charge is -2.35. The molecule has 0 bridgehead atoms. The van der Waals surface area contributed by atoms with Gasteiger partial charge in [-0.1, -0.05) is 22.9 Å². The summed E-state index contributed by atoms with van der Waals surface area (Å²) >= 11 is 3.39. The van der Waals surface area contributed by atoms with Crippen LogP contribution in [-0.4, -0.2) is 40.2 Å². The Labute approximate surface area is 111 Å². The largest absolute Gasteiger partial charge is 0.353 e. The highest BCUT2D eigenvalue weighted by atomic mass is 79.9. The molecule has 0 aromatic heterocycles. The van der Waals surface area contributed by atoms with Gasteiger partial charge in [0.1, 0.15) is 0 Å². The van der Waals surface area contributed by atoms with E-state index in [4.69, 9.17) is 0 Å². The number of carbonyl (C=O) groups excluding carboxylic acids is 2. The van der Waals surface area contributed by atoms with E-state index in [2.05, 4.69) is 21.2 Å². The van der Waals surface area contributed by atoms with Gasteiger partial charge >= 0.3 is 0 Å². The van der Waals surface area contributed by atoms with E-state index in [1.807, 2.05) is 25.7 Å². The molecule has 1 aliphatic heterocycles. The van der Waals surface area contributed by atoms with Crippen molar-refractivity contribution in [3.63, 3.8) is 0 Å². The fourth-order valence-corrected chi connectivity index (χ4v) is 2.18. The Morgan fingerprint density at radius 3 is 2.29 bits per heavy atom. The van der Waals surface area contributed by atoms with Crippen LogP contribution in [0.25, 0.3) is 0 Å². The second kappa shape index (κ2) is 5.85. The zero-order chi connectivity index (χ0) is 13.1. The lowest BCUT2D eigenvalue weighted by molar-refractivity contribution is -0.134. The highest BCUT2D eigenvalue weighted by Crippen LogP contribution is 2.22. The molecule has 0 spiro atoms. The summed E-state index contributed by atoms with van der Waals surface area (Å²) in [4.78, 5) is 25.1. The summed E-state index contributed by atoms with van der Waals surface area (Å²) in [5.74, 6) is 0.216. The van der Waals surface area contributed by atoms with E-state index >= 15 is 0 Å². The minimum atomic E-state index is -0.494. The summed E-state index contributed by atoms with van der Waals surface area (Å²) in [5.41, 5.74) is 0. The highest BCUT2D eigenvalue weighted by molar-refractivity contribution is 9.10. The second-order valence-corrected chi connectivity index (χ2v) is 6.94. The van der Waals surface area contributed by atoms with Crippen LogP contribution in [-0.2, 0) is 9.59 Å². The molecule has 2 amide bonds. The molecule has 1 aliphatic rings. The fourth-order valence-electron chi connectivity index (χ4n) is 1.93. The minimum Gasteiger partial charge on any atom is -0.353 e. The molecule has 1 N–H and O–H groups in total. The molecule has 4 nitrogen and oxygen atoms in total. The number of piperidine rings is 1. The van der Waals surface area contributed by atoms with E-state index < -0.39 is 4.32 Å². The Kier molecular flexibility index (Phi) is 4.98. The smallest absolute Gasteiger partial charge is 0.238 e. The molecule has 1 fully saturated rings. The molecule has 5 heteroatoms. The molecule has 0 unspecified atom stereocenters. The Bertz CT molecular complexity index is 291. The topological polar surface area (TPSA) is 49.4 Å². The van der Waals surface area contributed by atoms with Crippen molar-refractivity contribution < 1.29 is 9.59 Å². The zero-order valence-electron chi connectivity index (χ0n) is 10.8. The number of nitrogens with zero attached hydrogens (tertiary/aromatic N) is 1. The number of rotatable bonds is 3. The van der Waals surface area contributed by atoms with E-state index in [0.717, 1.165) is 25.9 Å². The molecule has 17 heavy (non-hydrogen) atoms. The number of alkyl halides is 1. The second-order valence-electron chi connectivity index (χ2n) is 4.96. The number of halogens is 1. The molecule has 1 rings (SSSR count). The Morgan fingerprint density at radius 2 is 1.88 bits per heavy atom. The Balaban J connectivity index is 2.41. The predicted octanol–water partition coefficient (Wildman–Crippen LogP) is 1.68. The van der Waals surface area contributed by atoms with Gasteiger partial charge in [-0.25, -0.2) is 0 Å². The Morgan fingerprint density at radius 1 is 1.35 bits per heavy atom. The van der Waals surface area contributed by atoms with Crippen LogP contribution in [0.1, 0.15) is 40.0 Å². The third kappa shape index (κ3) is 4.30. The molecule has 0 atom stereocenters. The van der Waals surface area contributed by atoms with Crippen LogP contribution in [0, 0.1) is 0 Å². The van der Waals surface area contributed by atoms with Gasteiger partial charge in [0.25, 0.3) is 0 Å². The molecular formula is C12H21BrN2O2. The summed E-state index contributed by atoms with van der Waals surface area (Å²) in [6.07, 6.45) is 2.22. The summed E-state index contributed by atoms with van der Waals surface area (Å²) in [7, 11) is 0. The number of nitrogens with one attached hydrogen (secondary N) is 1. The van der Waals surface area contributed by atoms with Gasteiger partial charge in [-0.3, -0.25) is 9.59 Å². The minimum absolute atomic E-state index is 0.0931. The first-order valence-electron chi connectivity index (χ1n) is 6.12. The van der Waals surface area contributed by atoms with Gasteiger partial charge in [-0.05, 0) is 26.7 Å². The van der Waals surface area contributed by atoms with Crippen molar-refractivity contribution in [3.05, 3.63) is 0 Å². The van der Waals surface area contributed by atoms with E-state index in [9.17, 15) is 9.59 Å². The molecule has 1 saturated heterocycles. The van der Waals surface area contributed by atoms with Crippen molar-refractivity contribution in [2.24, 2.45) is 0 Å². The average Bonchev–Trinajstić information content (AvgIpc) is 2.27.